The largest absolute Gasteiger partial charge is 0.416 e. The number of nitrogens with one attached hydrogen (secondary N) is 1. The molecule has 9 nitrogen and oxygen atoms in total. The number of nitrogens with zero attached hydrogens (tertiary/aromatic N) is 4. The number of aldehydes is 1. The van der Waals surface area contributed by atoms with Gasteiger partial charge in [0.2, 0.25) is 0 Å². The summed E-state index contributed by atoms with van der Waals surface area (Å²) in [4.78, 5) is 38.7. The van der Waals surface area contributed by atoms with Gasteiger partial charge in [-0.15, -0.1) is 0 Å². The SMILES string of the molecule is CC(NC(=O)c1cc(Cl)cc(C(F)(F)F)c1)/C(N=C(N)C=O)=N\c1ncccn1.CO. The normalized spacial score (nSPS) is 13.0. The highest BCUT2D eigenvalue weighted by Gasteiger charge is 2.32. The molecule has 2 aromatic rings. The van der Waals surface area contributed by atoms with E-state index in [1.54, 1.807) is 6.07 Å². The third kappa shape index (κ3) is 8.10. The molecule has 0 saturated carbocycles. The topological polar surface area (TPSA) is 143 Å². The summed E-state index contributed by atoms with van der Waals surface area (Å²) in [5, 5.41) is 9.17. The van der Waals surface area contributed by atoms with Crippen molar-refractivity contribution >= 4 is 41.4 Å². The Morgan fingerprint density at radius 1 is 1.26 bits per heavy atom. The molecule has 1 atom stereocenters. The van der Waals surface area contributed by atoms with E-state index in [1.165, 1.54) is 19.3 Å². The first-order valence-electron chi connectivity index (χ1n) is 8.38. The van der Waals surface area contributed by atoms with Crippen molar-refractivity contribution < 1.29 is 27.9 Å². The van der Waals surface area contributed by atoms with Gasteiger partial charge in [-0.05, 0) is 31.2 Å². The Bertz CT molecular complexity index is 968. The first kappa shape index (κ1) is 25.7. The summed E-state index contributed by atoms with van der Waals surface area (Å²) in [6.45, 7) is 1.44. The molecule has 0 fully saturated rings. The Morgan fingerprint density at radius 3 is 2.42 bits per heavy atom. The van der Waals surface area contributed by atoms with Gasteiger partial charge in [-0.2, -0.15) is 18.2 Å². The van der Waals surface area contributed by atoms with Crippen LogP contribution >= 0.6 is 11.6 Å². The third-order valence-electron chi connectivity index (χ3n) is 3.35. The fraction of sp³-hybridized carbons (Fsp3) is 0.222. The third-order valence-corrected chi connectivity index (χ3v) is 3.57. The van der Waals surface area contributed by atoms with E-state index in [1.807, 2.05) is 0 Å². The van der Waals surface area contributed by atoms with Crippen LogP contribution in [0.3, 0.4) is 0 Å². The van der Waals surface area contributed by atoms with Crippen LogP contribution in [0.2, 0.25) is 5.02 Å². The van der Waals surface area contributed by atoms with Crippen LogP contribution < -0.4 is 11.1 Å². The molecule has 0 radical (unpaired) electrons. The van der Waals surface area contributed by atoms with Crippen LogP contribution in [0.25, 0.3) is 0 Å². The second-order valence-electron chi connectivity index (χ2n) is 5.59. The quantitative estimate of drug-likeness (QED) is 0.356. The Hall–Kier alpha value is -3.38. The number of hydrogen-bond acceptors (Lipinski definition) is 6. The first-order chi connectivity index (χ1) is 14.6. The van der Waals surface area contributed by atoms with Crippen molar-refractivity contribution in [1.82, 2.24) is 15.3 Å². The van der Waals surface area contributed by atoms with Crippen molar-refractivity contribution in [1.29, 1.82) is 0 Å². The summed E-state index contributed by atoms with van der Waals surface area (Å²) in [5.41, 5.74) is 4.01. The predicted molar refractivity (Wildman–Crippen MR) is 108 cm³/mol. The number of halogens is 4. The zero-order valence-corrected chi connectivity index (χ0v) is 17.0. The molecule has 0 saturated heterocycles. The number of carbonyl (C=O) groups excluding carboxylic acids is 2. The summed E-state index contributed by atoms with van der Waals surface area (Å²) >= 11 is 5.70. The number of carbonyl (C=O) groups is 2. The van der Waals surface area contributed by atoms with Crippen molar-refractivity contribution in [2.24, 2.45) is 15.7 Å². The molecule has 31 heavy (non-hydrogen) atoms. The average molecular weight is 459 g/mol. The first-order valence-corrected chi connectivity index (χ1v) is 8.76. The summed E-state index contributed by atoms with van der Waals surface area (Å²) in [6, 6.07) is 3.03. The molecule has 1 amide bonds. The number of aliphatic imine (C=N–C) groups is 2. The summed E-state index contributed by atoms with van der Waals surface area (Å²) in [5.74, 6) is -1.45. The molecule has 1 aromatic heterocycles. The van der Waals surface area contributed by atoms with E-state index in [9.17, 15) is 22.8 Å². The minimum atomic E-state index is -4.68. The number of nitrogens with two attached hydrogens (primary N) is 1. The van der Waals surface area contributed by atoms with Crippen LogP contribution in [0.1, 0.15) is 22.8 Å². The Kier molecular flexibility index (Phi) is 9.70. The van der Waals surface area contributed by atoms with Gasteiger partial charge in [0.25, 0.3) is 11.9 Å². The second kappa shape index (κ2) is 11.7. The molecular formula is C18H18ClF3N6O3. The van der Waals surface area contributed by atoms with E-state index in [4.69, 9.17) is 22.4 Å². The minimum Gasteiger partial charge on any atom is -0.400 e. The lowest BCUT2D eigenvalue weighted by atomic mass is 10.1. The van der Waals surface area contributed by atoms with Crippen LogP contribution in [-0.2, 0) is 11.0 Å². The highest BCUT2D eigenvalue weighted by molar-refractivity contribution is 6.31. The van der Waals surface area contributed by atoms with Crippen molar-refractivity contribution in [3.63, 3.8) is 0 Å². The molecule has 1 aromatic carbocycles. The summed E-state index contributed by atoms with van der Waals surface area (Å²) in [7, 11) is 1.00. The number of aromatic nitrogens is 2. The zero-order valence-electron chi connectivity index (χ0n) is 16.3. The molecule has 4 N–H and O–H groups in total. The molecule has 0 bridgehead atoms. The zero-order chi connectivity index (χ0) is 23.6. The van der Waals surface area contributed by atoms with Gasteiger partial charge in [-0.25, -0.2) is 15.0 Å². The predicted octanol–water partition coefficient (Wildman–Crippen LogP) is 2.16. The Morgan fingerprint density at radius 2 is 1.87 bits per heavy atom. The fourth-order valence-electron chi connectivity index (χ4n) is 2.06. The number of alkyl halides is 3. The molecule has 1 unspecified atom stereocenters. The van der Waals surface area contributed by atoms with Gasteiger partial charge < -0.3 is 16.2 Å². The fourth-order valence-corrected chi connectivity index (χ4v) is 2.29. The van der Waals surface area contributed by atoms with Crippen LogP contribution in [0, 0.1) is 0 Å². The highest BCUT2D eigenvalue weighted by atomic mass is 35.5. The number of hydrogen-bond donors (Lipinski definition) is 3. The Labute approximate surface area is 179 Å². The van der Waals surface area contributed by atoms with Crippen LogP contribution in [0.4, 0.5) is 19.1 Å². The Balaban J connectivity index is 0.00000233. The van der Waals surface area contributed by atoms with E-state index >= 15 is 0 Å². The van der Waals surface area contributed by atoms with Crippen molar-refractivity contribution in [2.75, 3.05) is 7.11 Å². The highest BCUT2D eigenvalue weighted by Crippen LogP contribution is 2.31. The molecule has 0 aliphatic heterocycles. The second-order valence-corrected chi connectivity index (χ2v) is 6.03. The van der Waals surface area contributed by atoms with Gasteiger partial charge in [0, 0.05) is 30.1 Å². The standard InChI is InChI=1S/C17H14ClF3N6O2.CH4O/c1-9(14(26-13(22)8-28)27-16-23-3-2-4-24-16)25-15(29)10-5-11(17(19,20)21)7-12(18)6-10;1-2/h2-9H,1H3,(H,25,29)(H2,22,23,24,26,27);2H,1H3. The lowest BCUT2D eigenvalue weighted by molar-refractivity contribution is -0.137. The molecule has 0 aliphatic carbocycles. The number of amidine groups is 2. The molecule has 0 spiro atoms. The minimum absolute atomic E-state index is 0.0202. The summed E-state index contributed by atoms with van der Waals surface area (Å²) in [6.07, 6.45) is -1.59. The molecule has 1 heterocycles. The van der Waals surface area contributed by atoms with Gasteiger partial charge in [0.15, 0.2) is 18.0 Å². The van der Waals surface area contributed by atoms with E-state index < -0.39 is 29.5 Å². The maximum Gasteiger partial charge on any atom is 0.416 e. The van der Waals surface area contributed by atoms with E-state index in [0.29, 0.717) is 12.1 Å². The van der Waals surface area contributed by atoms with Gasteiger partial charge in [-0.3, -0.25) is 9.59 Å². The van der Waals surface area contributed by atoms with Crippen LogP contribution in [-0.4, -0.2) is 52.1 Å². The van der Waals surface area contributed by atoms with Crippen LogP contribution in [0.15, 0.2) is 46.6 Å². The lowest BCUT2D eigenvalue weighted by Gasteiger charge is -2.15. The monoisotopic (exact) mass is 458 g/mol. The number of aliphatic hydroxyl groups is 1. The van der Waals surface area contributed by atoms with Crippen molar-refractivity contribution in [2.45, 2.75) is 19.1 Å². The number of aliphatic hydroxyl groups excluding tert-OH is 1. The van der Waals surface area contributed by atoms with Gasteiger partial charge in [0.05, 0.1) is 11.6 Å². The van der Waals surface area contributed by atoms with Crippen molar-refractivity contribution in [3.05, 3.63) is 52.8 Å². The lowest BCUT2D eigenvalue weighted by Crippen LogP contribution is -2.39. The van der Waals surface area contributed by atoms with Gasteiger partial charge in [-0.1, -0.05) is 11.6 Å². The van der Waals surface area contributed by atoms with E-state index in [2.05, 4.69) is 25.3 Å². The molecule has 13 heteroatoms. The molecular weight excluding hydrogens is 441 g/mol. The summed E-state index contributed by atoms with van der Waals surface area (Å²) < 4.78 is 38.8. The number of amides is 1. The van der Waals surface area contributed by atoms with Gasteiger partial charge >= 0.3 is 6.18 Å². The maximum absolute atomic E-state index is 12.9. The number of rotatable bonds is 5. The van der Waals surface area contributed by atoms with Gasteiger partial charge in [0.1, 0.15) is 0 Å². The molecule has 166 valence electrons. The van der Waals surface area contributed by atoms with E-state index in [-0.39, 0.29) is 28.7 Å². The molecule has 0 aliphatic rings. The van der Waals surface area contributed by atoms with Crippen molar-refractivity contribution in [3.8, 4) is 0 Å². The molecule has 2 rings (SSSR count). The number of benzene rings is 1. The maximum atomic E-state index is 12.9. The average Bonchev–Trinajstić information content (AvgIpc) is 2.74. The smallest absolute Gasteiger partial charge is 0.400 e. The van der Waals surface area contributed by atoms with E-state index in [0.717, 1.165) is 13.2 Å². The van der Waals surface area contributed by atoms with Crippen LogP contribution in [0.5, 0.6) is 0 Å².